The highest BCUT2D eigenvalue weighted by atomic mass is 35.5. The van der Waals surface area contributed by atoms with E-state index in [9.17, 15) is 8.42 Å². The van der Waals surface area contributed by atoms with Crippen LogP contribution in [0.3, 0.4) is 0 Å². The third-order valence-corrected chi connectivity index (χ3v) is 7.73. The molecule has 0 aliphatic carbocycles. The summed E-state index contributed by atoms with van der Waals surface area (Å²) in [6, 6.07) is 6.64. The third kappa shape index (κ3) is 4.60. The molecule has 0 amide bonds. The van der Waals surface area contributed by atoms with Gasteiger partial charge >= 0.3 is 0 Å². The number of piperidine rings is 3. The molecule has 0 spiro atoms. The summed E-state index contributed by atoms with van der Waals surface area (Å²) in [5.41, 5.74) is 0. The van der Waals surface area contributed by atoms with Crippen molar-refractivity contribution in [1.29, 1.82) is 0 Å². The van der Waals surface area contributed by atoms with Gasteiger partial charge in [0.05, 0.1) is 4.90 Å². The monoisotopic (exact) mass is 399 g/mol. The van der Waals surface area contributed by atoms with Crippen LogP contribution in [-0.2, 0) is 10.0 Å². The molecule has 0 radical (unpaired) electrons. The Labute approximate surface area is 162 Å². The average molecular weight is 400 g/mol. The molecule has 5 nitrogen and oxygen atoms in total. The van der Waals surface area contributed by atoms with E-state index >= 15 is 0 Å². The Kier molecular flexibility index (Phi) is 6.62. The Bertz CT molecular complexity index is 691. The van der Waals surface area contributed by atoms with E-state index < -0.39 is 10.0 Å². The molecule has 3 fully saturated rings. The van der Waals surface area contributed by atoms with Crippen molar-refractivity contribution in [2.75, 3.05) is 39.3 Å². The largest absolute Gasteiger partial charge is 0.304 e. The van der Waals surface area contributed by atoms with Crippen LogP contribution in [0.5, 0.6) is 0 Å². The Hall–Kier alpha value is -0.660. The number of rotatable bonds is 8. The molecule has 4 atom stereocenters. The Morgan fingerprint density at radius 2 is 1.92 bits per heavy atom. The van der Waals surface area contributed by atoms with Crippen molar-refractivity contribution in [3.05, 3.63) is 29.3 Å². The fraction of sp³-hybridized carbons (Fsp3) is 0.684. The molecule has 3 aliphatic rings. The molecule has 7 heteroatoms. The minimum absolute atomic E-state index is 0.275. The lowest BCUT2D eigenvalue weighted by Crippen LogP contribution is -2.58. The topological polar surface area (TPSA) is 52.6 Å². The summed E-state index contributed by atoms with van der Waals surface area (Å²) < 4.78 is 27.8. The van der Waals surface area contributed by atoms with Gasteiger partial charge in [0.25, 0.3) is 0 Å². The predicted octanol–water partition coefficient (Wildman–Crippen LogP) is 2.67. The molecule has 26 heavy (non-hydrogen) atoms. The molecule has 1 aromatic rings. The van der Waals surface area contributed by atoms with Gasteiger partial charge in [-0.2, -0.15) is 0 Å². The van der Waals surface area contributed by atoms with Crippen LogP contribution in [0.25, 0.3) is 0 Å². The normalized spacial score (nSPS) is 28.6. The van der Waals surface area contributed by atoms with Crippen LogP contribution in [0.2, 0.25) is 5.02 Å². The van der Waals surface area contributed by atoms with Gasteiger partial charge in [-0.3, -0.25) is 4.90 Å². The lowest BCUT2D eigenvalue weighted by atomic mass is 9.75. The zero-order chi connectivity index (χ0) is 18.7. The second kappa shape index (κ2) is 8.57. The zero-order valence-electron chi connectivity index (χ0n) is 15.7. The third-order valence-electron chi connectivity index (χ3n) is 6.03. The van der Waals surface area contributed by atoms with Crippen molar-refractivity contribution < 1.29 is 8.42 Å². The lowest BCUT2D eigenvalue weighted by Gasteiger charge is -2.50. The van der Waals surface area contributed by atoms with E-state index in [1.807, 2.05) is 0 Å². The van der Waals surface area contributed by atoms with Gasteiger partial charge in [0.1, 0.15) is 0 Å². The van der Waals surface area contributed by atoms with Gasteiger partial charge in [-0.25, -0.2) is 13.1 Å². The number of hydrogen-bond acceptors (Lipinski definition) is 4. The van der Waals surface area contributed by atoms with Gasteiger partial charge in [-0.05, 0) is 68.6 Å². The Balaban J connectivity index is 1.57. The van der Waals surface area contributed by atoms with Gasteiger partial charge in [0, 0.05) is 30.7 Å². The minimum atomic E-state index is -3.48. The summed E-state index contributed by atoms with van der Waals surface area (Å²) in [6.45, 7) is 10.5. The second-order valence-corrected chi connectivity index (χ2v) is 9.69. The molecule has 1 N–H and O–H groups in total. The van der Waals surface area contributed by atoms with E-state index in [1.54, 1.807) is 24.3 Å². The zero-order valence-corrected chi connectivity index (χ0v) is 17.3. The van der Waals surface area contributed by atoms with Crippen LogP contribution in [0, 0.1) is 11.8 Å². The molecular weight excluding hydrogens is 370 g/mol. The first-order valence-corrected chi connectivity index (χ1v) is 11.5. The van der Waals surface area contributed by atoms with Crippen molar-refractivity contribution in [3.8, 4) is 0 Å². The van der Waals surface area contributed by atoms with Gasteiger partial charge in [-0.15, -0.1) is 0 Å². The Morgan fingerprint density at radius 3 is 2.50 bits per heavy atom. The number of halogens is 1. The fourth-order valence-corrected chi connectivity index (χ4v) is 5.58. The molecule has 3 aliphatic heterocycles. The summed E-state index contributed by atoms with van der Waals surface area (Å²) in [5, 5.41) is 0.541. The van der Waals surface area contributed by atoms with E-state index in [4.69, 9.17) is 11.6 Å². The lowest BCUT2D eigenvalue weighted by molar-refractivity contribution is -0.00911. The molecule has 3 saturated heterocycles. The predicted molar refractivity (Wildman–Crippen MR) is 106 cm³/mol. The van der Waals surface area contributed by atoms with Crippen LogP contribution >= 0.6 is 11.6 Å². The quantitative estimate of drug-likeness (QED) is 0.730. The summed E-state index contributed by atoms with van der Waals surface area (Å²) in [6.07, 6.45) is 2.33. The number of hydrogen-bond donors (Lipinski definition) is 1. The smallest absolute Gasteiger partial charge is 0.240 e. The highest BCUT2D eigenvalue weighted by molar-refractivity contribution is 7.89. The van der Waals surface area contributed by atoms with E-state index in [-0.39, 0.29) is 4.90 Å². The van der Waals surface area contributed by atoms with Gasteiger partial charge in [-0.1, -0.05) is 25.4 Å². The molecule has 4 rings (SSSR count). The summed E-state index contributed by atoms with van der Waals surface area (Å²) in [5.74, 6) is 1.43. The van der Waals surface area contributed by atoms with Crippen molar-refractivity contribution in [2.45, 2.75) is 37.6 Å². The number of sulfonamides is 1. The molecule has 2 bridgehead atoms. The fourth-order valence-electron chi connectivity index (χ4n) is 4.39. The summed E-state index contributed by atoms with van der Waals surface area (Å²) in [4.78, 5) is 5.26. The van der Waals surface area contributed by atoms with Gasteiger partial charge in [0.15, 0.2) is 0 Å². The first-order chi connectivity index (χ1) is 12.4. The molecule has 0 saturated carbocycles. The first-order valence-electron chi connectivity index (χ1n) is 9.64. The average Bonchev–Trinajstić information content (AvgIpc) is 2.65. The highest BCUT2D eigenvalue weighted by Gasteiger charge is 2.40. The number of nitrogens with zero attached hydrogens (tertiary/aromatic N) is 2. The molecule has 1 aromatic carbocycles. The van der Waals surface area contributed by atoms with Crippen LogP contribution in [0.4, 0.5) is 0 Å². The Morgan fingerprint density at radius 1 is 1.23 bits per heavy atom. The van der Waals surface area contributed by atoms with Crippen molar-refractivity contribution in [3.63, 3.8) is 0 Å². The second-order valence-electron chi connectivity index (χ2n) is 7.48. The number of nitrogens with one attached hydrogen (secondary N) is 1. The summed E-state index contributed by atoms with van der Waals surface area (Å²) in [7, 11) is -3.48. The van der Waals surface area contributed by atoms with Gasteiger partial charge in [0.2, 0.25) is 10.0 Å². The van der Waals surface area contributed by atoms with E-state index in [0.717, 1.165) is 39.1 Å². The minimum Gasteiger partial charge on any atom is -0.304 e. The standard InChI is InChI=1S/C19H30ClN3O2S/c1-3-22(4-2)13-16-14-23-10-9-15(16)11-18(23)12-21-26(24,25)19-7-5-17(20)6-8-19/h5-8,15-16,18,21H,3-4,9-14H2,1-2H3/t15-,16-,18+/m0/s1. The SMILES string of the molecule is CCN(CC)C[C@H]1CN2CC[C@H]1C[C@@H]2CNS(=O)(=O)c1ccc(Cl)cc1. The maximum Gasteiger partial charge on any atom is 0.240 e. The van der Waals surface area contributed by atoms with Crippen molar-refractivity contribution in [1.82, 2.24) is 14.5 Å². The van der Waals surface area contributed by atoms with Crippen LogP contribution < -0.4 is 4.72 Å². The van der Waals surface area contributed by atoms with E-state index in [2.05, 4.69) is 28.4 Å². The van der Waals surface area contributed by atoms with Crippen molar-refractivity contribution >= 4 is 21.6 Å². The van der Waals surface area contributed by atoms with Gasteiger partial charge < -0.3 is 4.90 Å². The summed E-state index contributed by atoms with van der Waals surface area (Å²) >= 11 is 5.85. The molecule has 0 aromatic heterocycles. The van der Waals surface area contributed by atoms with Crippen molar-refractivity contribution in [2.24, 2.45) is 11.8 Å². The number of benzene rings is 1. The first kappa shape index (κ1) is 20.1. The van der Waals surface area contributed by atoms with Crippen LogP contribution in [0.1, 0.15) is 26.7 Å². The maximum atomic E-state index is 12.5. The highest BCUT2D eigenvalue weighted by Crippen LogP contribution is 2.36. The van der Waals surface area contributed by atoms with E-state index in [1.165, 1.54) is 6.42 Å². The van der Waals surface area contributed by atoms with E-state index in [0.29, 0.717) is 29.4 Å². The van der Waals surface area contributed by atoms with Crippen LogP contribution in [0.15, 0.2) is 29.2 Å². The van der Waals surface area contributed by atoms with Crippen LogP contribution in [-0.4, -0.2) is 63.5 Å². The molecule has 1 unspecified atom stereocenters. The molecular formula is C19H30ClN3O2S. The number of fused-ring (bicyclic) bond motifs is 3. The maximum absolute atomic E-state index is 12.5. The molecule has 146 valence electrons. The molecule has 3 heterocycles.